The first-order chi connectivity index (χ1) is 4.54. The van der Waals surface area contributed by atoms with E-state index in [2.05, 4.69) is 0 Å². The molecule has 0 bridgehead atoms. The van der Waals surface area contributed by atoms with Crippen LogP contribution in [-0.4, -0.2) is 11.0 Å². The second-order valence-electron chi connectivity index (χ2n) is 2.15. The smallest absolute Gasteiger partial charge is 0.225 e. The molecular weight excluding hydrogens is 152 g/mol. The predicted molar refractivity (Wildman–Crippen MR) is 38.6 cm³/mol. The van der Waals surface area contributed by atoms with Crippen molar-refractivity contribution in [3.63, 3.8) is 0 Å². The third-order valence-electron chi connectivity index (χ3n) is 1.10. The third-order valence-corrected chi connectivity index (χ3v) is 1.38. The van der Waals surface area contributed by atoms with Crippen LogP contribution in [0.15, 0.2) is 0 Å². The number of carbonyl (C=O) groups is 2. The summed E-state index contributed by atoms with van der Waals surface area (Å²) in [6.07, 6.45) is 0.664. The van der Waals surface area contributed by atoms with Crippen LogP contribution in [-0.2, 0) is 9.59 Å². The van der Waals surface area contributed by atoms with E-state index < -0.39 is 11.2 Å². The third kappa shape index (κ3) is 4.50. The Labute approximate surface area is 65.6 Å². The van der Waals surface area contributed by atoms with Crippen LogP contribution < -0.4 is 0 Å². The second-order valence-corrected chi connectivity index (χ2v) is 2.52. The number of rotatable bonds is 4. The lowest BCUT2D eigenvalue weighted by Crippen LogP contribution is -2.05. The normalized spacial score (nSPS) is 12.7. The summed E-state index contributed by atoms with van der Waals surface area (Å²) >= 11 is 5.04. The highest BCUT2D eigenvalue weighted by molar-refractivity contribution is 6.64. The summed E-state index contributed by atoms with van der Waals surface area (Å²) in [7, 11) is 0. The van der Waals surface area contributed by atoms with E-state index in [1.165, 1.54) is 6.92 Å². The van der Waals surface area contributed by atoms with Crippen molar-refractivity contribution in [2.75, 3.05) is 0 Å². The summed E-state index contributed by atoms with van der Waals surface area (Å²) in [5.41, 5.74) is 0. The second kappa shape index (κ2) is 4.45. The van der Waals surface area contributed by atoms with Crippen molar-refractivity contribution >= 4 is 22.6 Å². The molecule has 0 aromatic carbocycles. The fourth-order valence-electron chi connectivity index (χ4n) is 0.472. The fraction of sp³-hybridized carbons (Fsp3) is 0.571. The lowest BCUT2D eigenvalue weighted by molar-refractivity contribution is -0.117. The van der Waals surface area contributed by atoms with Crippen molar-refractivity contribution in [2.45, 2.75) is 19.8 Å². The van der Waals surface area contributed by atoms with Crippen molar-refractivity contribution in [1.29, 1.82) is 0 Å². The monoisotopic (exact) mass is 160 g/mol. The number of hydrogen-bond donors (Lipinski definition) is 0. The highest BCUT2D eigenvalue weighted by Gasteiger charge is 2.10. The van der Waals surface area contributed by atoms with Gasteiger partial charge < -0.3 is 4.79 Å². The van der Waals surface area contributed by atoms with Crippen molar-refractivity contribution in [2.24, 2.45) is 5.92 Å². The number of ketones is 1. The van der Waals surface area contributed by atoms with E-state index in [9.17, 15) is 9.59 Å². The maximum atomic E-state index is 10.4. The number of hydrogen-bond acceptors (Lipinski definition) is 2. The van der Waals surface area contributed by atoms with Gasteiger partial charge in [0.25, 0.3) is 0 Å². The summed E-state index contributed by atoms with van der Waals surface area (Å²) in [6.45, 7) is 6.68. The van der Waals surface area contributed by atoms with Gasteiger partial charge in [-0.15, -0.1) is 0 Å². The van der Waals surface area contributed by atoms with E-state index in [0.717, 1.165) is 0 Å². The standard InChI is InChI=1S/C7H9ClO2/c1-5(7(8)10)3-4-6(2)9/h1,5H,3-4H2,2H3/t5-/m0/s1. The topological polar surface area (TPSA) is 34.1 Å². The van der Waals surface area contributed by atoms with Crippen LogP contribution >= 0.6 is 11.6 Å². The molecule has 0 aromatic heterocycles. The van der Waals surface area contributed by atoms with Gasteiger partial charge in [-0.3, -0.25) is 4.79 Å². The zero-order chi connectivity index (χ0) is 8.15. The first-order valence-electron chi connectivity index (χ1n) is 2.98. The van der Waals surface area contributed by atoms with Gasteiger partial charge in [0.1, 0.15) is 5.78 Å². The van der Waals surface area contributed by atoms with Crippen LogP contribution in [0.2, 0.25) is 0 Å². The summed E-state index contributed by atoms with van der Waals surface area (Å²) in [5, 5.41) is -0.582. The Bertz CT molecular complexity index is 143. The Hall–Kier alpha value is -0.370. The van der Waals surface area contributed by atoms with Gasteiger partial charge in [0.2, 0.25) is 5.24 Å². The predicted octanol–water partition coefficient (Wildman–Crippen LogP) is 1.45. The minimum absolute atomic E-state index is 0.0216. The highest BCUT2D eigenvalue weighted by Crippen LogP contribution is 2.08. The molecule has 3 heteroatoms. The lowest BCUT2D eigenvalue weighted by atomic mass is 10.1. The van der Waals surface area contributed by atoms with E-state index >= 15 is 0 Å². The Morgan fingerprint density at radius 3 is 2.40 bits per heavy atom. The quantitative estimate of drug-likeness (QED) is 0.584. The van der Waals surface area contributed by atoms with Gasteiger partial charge in [-0.2, -0.15) is 0 Å². The van der Waals surface area contributed by atoms with Gasteiger partial charge in [0, 0.05) is 12.3 Å². The van der Waals surface area contributed by atoms with Gasteiger partial charge in [-0.25, -0.2) is 0 Å². The van der Waals surface area contributed by atoms with Crippen molar-refractivity contribution in [3.8, 4) is 0 Å². The van der Waals surface area contributed by atoms with Crippen LogP contribution in [0.1, 0.15) is 19.8 Å². The minimum atomic E-state index is -0.689. The molecule has 0 rings (SSSR count). The Morgan fingerprint density at radius 1 is 1.60 bits per heavy atom. The first kappa shape index (κ1) is 9.63. The fourth-order valence-corrected chi connectivity index (χ4v) is 0.581. The molecule has 56 valence electrons. The van der Waals surface area contributed by atoms with Crippen molar-refractivity contribution < 1.29 is 9.59 Å². The number of halogens is 1. The van der Waals surface area contributed by atoms with Gasteiger partial charge in [-0.05, 0) is 31.9 Å². The molecule has 0 aliphatic carbocycles. The average molecular weight is 161 g/mol. The Morgan fingerprint density at radius 2 is 2.10 bits per heavy atom. The van der Waals surface area contributed by atoms with Crippen molar-refractivity contribution in [1.82, 2.24) is 0 Å². The molecule has 0 aliphatic rings. The molecule has 1 atom stereocenters. The maximum absolute atomic E-state index is 10.4. The molecular formula is C7H9ClO2. The van der Waals surface area contributed by atoms with E-state index in [0.29, 0.717) is 12.8 Å². The largest absolute Gasteiger partial charge is 0.300 e. The molecule has 0 heterocycles. The van der Waals surface area contributed by atoms with E-state index in [1.54, 1.807) is 0 Å². The SMILES string of the molecule is [CH][C@@H](CCC(C)=O)C(=O)Cl. The Balaban J connectivity index is 3.49. The first-order valence-corrected chi connectivity index (χ1v) is 3.36. The van der Waals surface area contributed by atoms with Crippen LogP contribution in [0.5, 0.6) is 0 Å². The maximum Gasteiger partial charge on any atom is 0.225 e. The van der Waals surface area contributed by atoms with Gasteiger partial charge in [0.15, 0.2) is 0 Å². The van der Waals surface area contributed by atoms with Crippen LogP contribution in [0.25, 0.3) is 0 Å². The molecule has 10 heavy (non-hydrogen) atoms. The van der Waals surface area contributed by atoms with Gasteiger partial charge in [0.05, 0.1) is 0 Å². The van der Waals surface area contributed by atoms with Gasteiger partial charge in [-0.1, -0.05) is 0 Å². The molecule has 0 unspecified atom stereocenters. The summed E-state index contributed by atoms with van der Waals surface area (Å²) in [6, 6.07) is 0. The molecule has 0 aromatic rings. The van der Waals surface area contributed by atoms with E-state index in [1.807, 2.05) is 0 Å². The molecule has 0 fully saturated rings. The number of Topliss-reactive ketones (excluding diaryl/α,β-unsaturated/α-hetero) is 1. The molecule has 2 radical (unpaired) electrons. The summed E-state index contributed by atoms with van der Waals surface area (Å²) in [4.78, 5) is 20.6. The van der Waals surface area contributed by atoms with E-state index in [4.69, 9.17) is 18.5 Å². The number of carbonyl (C=O) groups excluding carboxylic acids is 2. The molecule has 0 saturated carbocycles. The molecule has 2 nitrogen and oxygen atoms in total. The molecule has 0 N–H and O–H groups in total. The molecule has 0 spiro atoms. The molecule has 0 saturated heterocycles. The van der Waals surface area contributed by atoms with Crippen LogP contribution in [0, 0.1) is 12.8 Å². The lowest BCUT2D eigenvalue weighted by Gasteiger charge is -2.01. The van der Waals surface area contributed by atoms with Crippen LogP contribution in [0.4, 0.5) is 0 Å². The highest BCUT2D eigenvalue weighted by atomic mass is 35.5. The van der Waals surface area contributed by atoms with Crippen LogP contribution in [0.3, 0.4) is 0 Å². The molecule has 0 aliphatic heterocycles. The van der Waals surface area contributed by atoms with Crippen molar-refractivity contribution in [3.05, 3.63) is 6.92 Å². The minimum Gasteiger partial charge on any atom is -0.300 e. The molecule has 0 amide bonds. The van der Waals surface area contributed by atoms with Gasteiger partial charge >= 0.3 is 0 Å². The zero-order valence-electron chi connectivity index (χ0n) is 5.76. The van der Waals surface area contributed by atoms with E-state index in [-0.39, 0.29) is 5.78 Å². The summed E-state index contributed by atoms with van der Waals surface area (Å²) in [5.74, 6) is -0.668. The zero-order valence-corrected chi connectivity index (χ0v) is 6.52. The Kier molecular flexibility index (Phi) is 4.28. The average Bonchev–Trinajstić information content (AvgIpc) is 1.82. The summed E-state index contributed by atoms with van der Waals surface area (Å²) < 4.78 is 0.